The molecular weight excluding hydrogens is 422 g/mol. The van der Waals surface area contributed by atoms with Gasteiger partial charge in [-0.15, -0.1) is 0 Å². The minimum absolute atomic E-state index is 0.0151. The summed E-state index contributed by atoms with van der Waals surface area (Å²) in [6.07, 6.45) is 10.8. The normalized spacial score (nSPS) is 37.8. The quantitative estimate of drug-likeness (QED) is 0.456. The Hall–Kier alpha value is -0.680. The Morgan fingerprint density at radius 3 is 2.32 bits per heavy atom. The Morgan fingerprint density at radius 1 is 1.00 bits per heavy atom. The summed E-state index contributed by atoms with van der Waals surface area (Å²) in [6, 6.07) is 0. The monoisotopic (exact) mass is 473 g/mol. The fourth-order valence-electron chi connectivity index (χ4n) is 8.85. The van der Waals surface area contributed by atoms with Crippen LogP contribution in [0.5, 0.6) is 0 Å². The van der Waals surface area contributed by atoms with Gasteiger partial charge in [-0.1, -0.05) is 46.3 Å². The van der Waals surface area contributed by atoms with Crippen molar-refractivity contribution in [2.75, 3.05) is 47.1 Å². The van der Waals surface area contributed by atoms with Crippen LogP contribution in [0.2, 0.25) is 0 Å². The van der Waals surface area contributed by atoms with Crippen LogP contribution in [0, 0.1) is 34.0 Å². The van der Waals surface area contributed by atoms with Gasteiger partial charge in [-0.2, -0.15) is 0 Å². The molecular formula is C30H51NO3. The SMILES string of the molecule is COCCN(CCOC)C[C@@H](C)[C@H]1CC=C2C3=C(CC[C@@]21C)[C@@]1(C)CC[C@H](O)C(C)(C)[C@@H]1CC3. The van der Waals surface area contributed by atoms with Crippen LogP contribution in [0.4, 0.5) is 0 Å². The highest BCUT2D eigenvalue weighted by molar-refractivity contribution is 5.49. The van der Waals surface area contributed by atoms with Gasteiger partial charge >= 0.3 is 0 Å². The molecule has 1 N–H and O–H groups in total. The maximum atomic E-state index is 10.8. The minimum Gasteiger partial charge on any atom is -0.393 e. The molecule has 0 spiro atoms. The number of nitrogens with zero attached hydrogens (tertiary/aromatic N) is 1. The predicted octanol–water partition coefficient (Wildman–Crippen LogP) is 5.86. The van der Waals surface area contributed by atoms with Crippen LogP contribution in [0.15, 0.2) is 22.8 Å². The number of rotatable bonds is 9. The first-order valence-electron chi connectivity index (χ1n) is 13.9. The van der Waals surface area contributed by atoms with Crippen molar-refractivity contribution >= 4 is 0 Å². The summed E-state index contributed by atoms with van der Waals surface area (Å²) < 4.78 is 10.8. The highest BCUT2D eigenvalue weighted by Crippen LogP contribution is 2.66. The zero-order valence-electron chi connectivity index (χ0n) is 23.1. The lowest BCUT2D eigenvalue weighted by Crippen LogP contribution is -2.53. The van der Waals surface area contributed by atoms with E-state index in [1.54, 1.807) is 30.9 Å². The molecule has 34 heavy (non-hydrogen) atoms. The standard InChI is InChI=1S/C30H51NO3/c1-21(20-31(16-18-33-6)17-19-34-7)23-9-10-24-22-8-11-26-28(2,3)27(32)13-15-30(26,5)25(22)12-14-29(23,24)4/h10,21,23,26-27,32H,8-9,11-20H2,1-7H3/t21-,23-,26+,27+,29-,30-/m1/s1. The minimum atomic E-state index is -0.156. The van der Waals surface area contributed by atoms with Crippen molar-refractivity contribution in [1.29, 1.82) is 0 Å². The van der Waals surface area contributed by atoms with Crippen LogP contribution >= 0.6 is 0 Å². The summed E-state index contributed by atoms with van der Waals surface area (Å²) in [5, 5.41) is 10.8. The first-order valence-corrected chi connectivity index (χ1v) is 13.9. The molecule has 4 aliphatic rings. The van der Waals surface area contributed by atoms with Gasteiger partial charge < -0.3 is 14.6 Å². The van der Waals surface area contributed by atoms with E-state index in [2.05, 4.69) is 45.6 Å². The Balaban J connectivity index is 1.54. The summed E-state index contributed by atoms with van der Waals surface area (Å²) in [5.74, 6) is 1.95. The van der Waals surface area contributed by atoms with E-state index < -0.39 is 0 Å². The van der Waals surface area contributed by atoms with Crippen molar-refractivity contribution in [2.45, 2.75) is 85.7 Å². The molecule has 1 fully saturated rings. The number of hydrogen-bond donors (Lipinski definition) is 1. The molecule has 0 saturated heterocycles. The molecule has 0 radical (unpaired) electrons. The van der Waals surface area contributed by atoms with E-state index in [0.717, 1.165) is 45.7 Å². The molecule has 0 aromatic carbocycles. The van der Waals surface area contributed by atoms with Crippen LogP contribution in [0.1, 0.15) is 79.6 Å². The third kappa shape index (κ3) is 4.35. The van der Waals surface area contributed by atoms with E-state index in [1.165, 1.54) is 32.1 Å². The molecule has 0 unspecified atom stereocenters. The lowest BCUT2D eigenvalue weighted by Gasteiger charge is -2.59. The maximum Gasteiger partial charge on any atom is 0.0594 e. The number of fused-ring (bicyclic) bond motifs is 4. The second-order valence-corrected chi connectivity index (χ2v) is 13.0. The molecule has 4 heteroatoms. The zero-order valence-corrected chi connectivity index (χ0v) is 23.1. The molecule has 4 rings (SSSR count). The summed E-state index contributed by atoms with van der Waals surface area (Å²) in [7, 11) is 3.59. The van der Waals surface area contributed by atoms with Crippen molar-refractivity contribution in [3.63, 3.8) is 0 Å². The second kappa shape index (κ2) is 10.00. The molecule has 0 amide bonds. The first-order chi connectivity index (χ1) is 16.1. The van der Waals surface area contributed by atoms with Gasteiger partial charge in [-0.05, 0) is 90.1 Å². The van der Waals surface area contributed by atoms with Gasteiger partial charge in [-0.25, -0.2) is 0 Å². The zero-order chi connectivity index (χ0) is 24.7. The molecule has 0 aliphatic heterocycles. The maximum absolute atomic E-state index is 10.8. The average Bonchev–Trinajstić information content (AvgIpc) is 3.16. The summed E-state index contributed by atoms with van der Waals surface area (Å²) in [6.45, 7) is 16.9. The van der Waals surface area contributed by atoms with E-state index in [1.807, 2.05) is 0 Å². The van der Waals surface area contributed by atoms with E-state index in [-0.39, 0.29) is 16.9 Å². The largest absolute Gasteiger partial charge is 0.393 e. The summed E-state index contributed by atoms with van der Waals surface area (Å²) in [4.78, 5) is 2.54. The van der Waals surface area contributed by atoms with Crippen molar-refractivity contribution < 1.29 is 14.6 Å². The predicted molar refractivity (Wildman–Crippen MR) is 140 cm³/mol. The molecule has 4 nitrogen and oxygen atoms in total. The third-order valence-corrected chi connectivity index (χ3v) is 10.9. The Morgan fingerprint density at radius 2 is 1.68 bits per heavy atom. The van der Waals surface area contributed by atoms with E-state index in [9.17, 15) is 5.11 Å². The van der Waals surface area contributed by atoms with Gasteiger partial charge in [-0.3, -0.25) is 4.90 Å². The Labute approximate surface area is 209 Å². The molecule has 1 saturated carbocycles. The van der Waals surface area contributed by atoms with Crippen molar-refractivity contribution in [3.8, 4) is 0 Å². The van der Waals surface area contributed by atoms with E-state index in [4.69, 9.17) is 9.47 Å². The fraction of sp³-hybridized carbons (Fsp3) is 0.867. The smallest absolute Gasteiger partial charge is 0.0594 e. The lowest BCUT2D eigenvalue weighted by molar-refractivity contribution is -0.0905. The molecule has 6 atom stereocenters. The van der Waals surface area contributed by atoms with Gasteiger partial charge in [0.2, 0.25) is 0 Å². The molecule has 4 aliphatic carbocycles. The number of aliphatic hydroxyl groups excluding tert-OH is 1. The van der Waals surface area contributed by atoms with Crippen LogP contribution in [-0.2, 0) is 9.47 Å². The fourth-order valence-corrected chi connectivity index (χ4v) is 8.85. The summed E-state index contributed by atoms with van der Waals surface area (Å²) >= 11 is 0. The Kier molecular flexibility index (Phi) is 7.76. The highest BCUT2D eigenvalue weighted by Gasteiger charge is 2.57. The number of aliphatic hydroxyl groups is 1. The van der Waals surface area contributed by atoms with Crippen LogP contribution < -0.4 is 0 Å². The molecule has 0 aromatic heterocycles. The number of methoxy groups -OCH3 is 2. The molecule has 0 heterocycles. The van der Waals surface area contributed by atoms with Gasteiger partial charge in [0.15, 0.2) is 0 Å². The van der Waals surface area contributed by atoms with Gasteiger partial charge in [0, 0.05) is 33.9 Å². The van der Waals surface area contributed by atoms with Gasteiger partial charge in [0.05, 0.1) is 19.3 Å². The third-order valence-electron chi connectivity index (χ3n) is 10.9. The number of hydrogen-bond acceptors (Lipinski definition) is 4. The average molecular weight is 474 g/mol. The van der Waals surface area contributed by atoms with E-state index >= 15 is 0 Å². The highest BCUT2D eigenvalue weighted by atomic mass is 16.5. The van der Waals surface area contributed by atoms with Crippen LogP contribution in [-0.4, -0.2) is 63.2 Å². The molecule has 0 aromatic rings. The van der Waals surface area contributed by atoms with Crippen LogP contribution in [0.25, 0.3) is 0 Å². The molecule has 194 valence electrons. The van der Waals surface area contributed by atoms with E-state index in [0.29, 0.717) is 23.2 Å². The molecule has 0 bridgehead atoms. The topological polar surface area (TPSA) is 41.9 Å². The van der Waals surface area contributed by atoms with Gasteiger partial charge in [0.25, 0.3) is 0 Å². The number of allylic oxidation sites excluding steroid dienone is 4. The lowest BCUT2D eigenvalue weighted by atomic mass is 9.46. The van der Waals surface area contributed by atoms with Crippen molar-refractivity contribution in [2.24, 2.45) is 34.0 Å². The first kappa shape index (κ1) is 26.4. The second-order valence-electron chi connectivity index (χ2n) is 13.0. The van der Waals surface area contributed by atoms with Crippen molar-refractivity contribution in [3.05, 3.63) is 22.8 Å². The number of ether oxygens (including phenoxy) is 2. The Bertz CT molecular complexity index is 793. The van der Waals surface area contributed by atoms with Gasteiger partial charge in [0.1, 0.15) is 0 Å². The van der Waals surface area contributed by atoms with Crippen LogP contribution in [0.3, 0.4) is 0 Å². The summed E-state index contributed by atoms with van der Waals surface area (Å²) in [5.41, 5.74) is 5.78. The van der Waals surface area contributed by atoms with Crippen molar-refractivity contribution in [1.82, 2.24) is 4.90 Å².